The maximum Gasteiger partial charge on any atom is 0.255 e. The summed E-state index contributed by atoms with van der Waals surface area (Å²) in [6, 6.07) is 7.53. The van der Waals surface area contributed by atoms with Crippen LogP contribution in [0.1, 0.15) is 37.7 Å². The van der Waals surface area contributed by atoms with Crippen molar-refractivity contribution in [2.75, 3.05) is 5.32 Å². The van der Waals surface area contributed by atoms with E-state index >= 15 is 0 Å². The van der Waals surface area contributed by atoms with Crippen LogP contribution in [-0.2, 0) is 6.61 Å². The van der Waals surface area contributed by atoms with Crippen molar-refractivity contribution in [2.24, 2.45) is 5.73 Å². The predicted octanol–water partition coefficient (Wildman–Crippen LogP) is 3.50. The second-order valence-electron chi connectivity index (χ2n) is 6.25. The van der Waals surface area contributed by atoms with Crippen LogP contribution in [0.5, 0.6) is 5.75 Å². The lowest BCUT2D eigenvalue weighted by Gasteiger charge is -2.10. The number of hydrogen-bond donors (Lipinski definition) is 2. The normalized spacial score (nSPS) is 10.6. The molecule has 7 nitrogen and oxygen atoms in total. The topological polar surface area (TPSA) is 107 Å². The van der Waals surface area contributed by atoms with Crippen molar-refractivity contribution < 1.29 is 27.6 Å². The Morgan fingerprint density at radius 3 is 2.59 bits per heavy atom. The van der Waals surface area contributed by atoms with E-state index in [1.54, 1.807) is 26.0 Å². The van der Waals surface area contributed by atoms with Crippen molar-refractivity contribution in [3.8, 4) is 5.75 Å². The van der Waals surface area contributed by atoms with E-state index in [0.717, 1.165) is 11.6 Å². The van der Waals surface area contributed by atoms with E-state index in [0.29, 0.717) is 23.3 Å². The van der Waals surface area contributed by atoms with E-state index in [1.165, 1.54) is 12.1 Å². The molecule has 0 fully saturated rings. The van der Waals surface area contributed by atoms with Crippen molar-refractivity contribution in [3.63, 3.8) is 0 Å². The molecule has 9 heteroatoms. The number of nitrogens with two attached hydrogens (primary N) is 1. The number of hydrogen-bond acceptors (Lipinski definition) is 5. The monoisotopic (exact) mass is 401 g/mol. The molecule has 0 aliphatic carbocycles. The first-order chi connectivity index (χ1) is 13.8. The smallest absolute Gasteiger partial charge is 0.255 e. The second-order valence-corrected chi connectivity index (χ2v) is 6.25. The number of rotatable bonds is 6. The molecule has 2 aromatic carbocycles. The number of nitrogens with one attached hydrogen (secondary N) is 1. The number of carbonyl (C=O) groups is 2. The molecular weight excluding hydrogens is 384 g/mol. The summed E-state index contributed by atoms with van der Waals surface area (Å²) in [6.07, 6.45) is 0. The van der Waals surface area contributed by atoms with Crippen molar-refractivity contribution in [1.82, 2.24) is 5.16 Å². The predicted molar refractivity (Wildman–Crippen MR) is 99.6 cm³/mol. The van der Waals surface area contributed by atoms with Crippen LogP contribution in [-0.4, -0.2) is 17.0 Å². The molecule has 1 aromatic heterocycles. The van der Waals surface area contributed by atoms with Crippen LogP contribution >= 0.6 is 0 Å². The summed E-state index contributed by atoms with van der Waals surface area (Å²) < 4.78 is 38.3. The van der Waals surface area contributed by atoms with E-state index < -0.39 is 29.0 Å². The molecule has 0 radical (unpaired) electrons. The average molecular weight is 401 g/mol. The Bertz CT molecular complexity index is 1080. The van der Waals surface area contributed by atoms with Gasteiger partial charge in [-0.05, 0) is 38.1 Å². The highest BCUT2D eigenvalue weighted by Gasteiger charge is 2.17. The highest BCUT2D eigenvalue weighted by Crippen LogP contribution is 2.22. The summed E-state index contributed by atoms with van der Waals surface area (Å²) in [5.41, 5.74) is 5.82. The Balaban J connectivity index is 1.76. The maximum absolute atomic E-state index is 14.0. The fourth-order valence-electron chi connectivity index (χ4n) is 2.62. The molecule has 0 saturated heterocycles. The van der Waals surface area contributed by atoms with Crippen molar-refractivity contribution in [3.05, 3.63) is 76.2 Å². The van der Waals surface area contributed by atoms with Gasteiger partial charge in [0.25, 0.3) is 11.8 Å². The molecular formula is C20H17F2N3O4. The van der Waals surface area contributed by atoms with Crippen LogP contribution in [0.3, 0.4) is 0 Å². The molecule has 150 valence electrons. The van der Waals surface area contributed by atoms with Crippen LogP contribution in [0.4, 0.5) is 14.5 Å². The highest BCUT2D eigenvalue weighted by molar-refractivity contribution is 6.05. The first kappa shape index (κ1) is 20.0. The summed E-state index contributed by atoms with van der Waals surface area (Å²) in [7, 11) is 0. The molecule has 0 saturated carbocycles. The molecule has 29 heavy (non-hydrogen) atoms. The minimum Gasteiger partial charge on any atom is -0.489 e. The van der Waals surface area contributed by atoms with Crippen LogP contribution < -0.4 is 15.8 Å². The quantitative estimate of drug-likeness (QED) is 0.657. The number of aryl methyl sites for hydroxylation is 2. The Morgan fingerprint density at radius 1 is 1.17 bits per heavy atom. The number of carbonyl (C=O) groups excluding carboxylic acids is 2. The summed E-state index contributed by atoms with van der Waals surface area (Å²) in [4.78, 5) is 23.7. The molecule has 3 aromatic rings. The summed E-state index contributed by atoms with van der Waals surface area (Å²) >= 11 is 0. The molecule has 1 heterocycles. The van der Waals surface area contributed by atoms with E-state index in [9.17, 15) is 18.4 Å². The van der Waals surface area contributed by atoms with Gasteiger partial charge in [0.05, 0.1) is 22.5 Å². The third-order valence-electron chi connectivity index (χ3n) is 4.23. The SMILES string of the molecule is Cc1noc(C)c1COc1cccc(C(=O)Nc2cc(C(N)=O)c(F)cc2F)c1. The van der Waals surface area contributed by atoms with Gasteiger partial charge in [0.15, 0.2) is 0 Å². The van der Waals surface area contributed by atoms with Crippen LogP contribution in [0.2, 0.25) is 0 Å². The Kier molecular flexibility index (Phi) is 5.58. The molecule has 2 amide bonds. The number of primary amides is 1. The molecule has 0 aliphatic heterocycles. The second kappa shape index (κ2) is 8.09. The summed E-state index contributed by atoms with van der Waals surface area (Å²) in [6.45, 7) is 3.75. The van der Waals surface area contributed by atoms with Gasteiger partial charge in [0, 0.05) is 11.6 Å². The number of amides is 2. The number of aromatic nitrogens is 1. The lowest BCUT2D eigenvalue weighted by Crippen LogP contribution is -2.17. The van der Waals surface area contributed by atoms with Gasteiger partial charge in [-0.15, -0.1) is 0 Å². The number of halogens is 2. The van der Waals surface area contributed by atoms with E-state index in [2.05, 4.69) is 10.5 Å². The van der Waals surface area contributed by atoms with Crippen molar-refractivity contribution in [2.45, 2.75) is 20.5 Å². The zero-order valence-electron chi connectivity index (χ0n) is 15.6. The molecule has 3 N–H and O–H groups in total. The fourth-order valence-corrected chi connectivity index (χ4v) is 2.62. The zero-order chi connectivity index (χ0) is 21.1. The Morgan fingerprint density at radius 2 is 1.93 bits per heavy atom. The van der Waals surface area contributed by atoms with Gasteiger partial charge in [0.1, 0.15) is 29.8 Å². The Labute approximate surface area is 164 Å². The van der Waals surface area contributed by atoms with Gasteiger partial charge >= 0.3 is 0 Å². The van der Waals surface area contributed by atoms with Gasteiger partial charge in [-0.1, -0.05) is 11.2 Å². The minimum absolute atomic E-state index is 0.172. The molecule has 0 aliphatic rings. The third kappa shape index (κ3) is 4.40. The van der Waals surface area contributed by atoms with Gasteiger partial charge in [-0.25, -0.2) is 8.78 Å². The van der Waals surface area contributed by atoms with Gasteiger partial charge in [0.2, 0.25) is 0 Å². The van der Waals surface area contributed by atoms with Crippen LogP contribution in [0, 0.1) is 25.5 Å². The van der Waals surface area contributed by atoms with E-state index in [-0.39, 0.29) is 17.9 Å². The Hall–Kier alpha value is -3.75. The minimum atomic E-state index is -1.11. The first-order valence-corrected chi connectivity index (χ1v) is 8.51. The first-order valence-electron chi connectivity index (χ1n) is 8.51. The van der Waals surface area contributed by atoms with E-state index in [4.69, 9.17) is 15.0 Å². The number of anilines is 1. The standard InChI is InChI=1S/C20H17F2N3O4/c1-10-15(11(2)29-25-10)9-28-13-5-3-4-12(6-13)20(27)24-18-7-14(19(23)26)16(21)8-17(18)22/h3-8H,9H2,1-2H3,(H2,23,26)(H,24,27). The van der Waals surface area contributed by atoms with Gasteiger partial charge in [-0.3, -0.25) is 9.59 Å². The van der Waals surface area contributed by atoms with Crippen LogP contribution in [0.25, 0.3) is 0 Å². The number of ether oxygens (including phenoxy) is 1. The maximum atomic E-state index is 14.0. The fraction of sp³-hybridized carbons (Fsp3) is 0.150. The molecule has 0 unspecified atom stereocenters. The summed E-state index contributed by atoms with van der Waals surface area (Å²) in [5.74, 6) is -2.86. The average Bonchev–Trinajstić information content (AvgIpc) is 2.99. The third-order valence-corrected chi connectivity index (χ3v) is 4.23. The van der Waals surface area contributed by atoms with Gasteiger partial charge < -0.3 is 20.3 Å². The lowest BCUT2D eigenvalue weighted by molar-refractivity contribution is 0.0992. The largest absolute Gasteiger partial charge is 0.489 e. The van der Waals surface area contributed by atoms with E-state index in [1.807, 2.05) is 0 Å². The molecule has 0 atom stereocenters. The summed E-state index contributed by atoms with van der Waals surface area (Å²) in [5, 5.41) is 6.14. The van der Waals surface area contributed by atoms with Crippen molar-refractivity contribution in [1.29, 1.82) is 0 Å². The lowest BCUT2D eigenvalue weighted by atomic mass is 10.1. The number of benzene rings is 2. The zero-order valence-corrected chi connectivity index (χ0v) is 15.6. The van der Waals surface area contributed by atoms with Crippen LogP contribution in [0.15, 0.2) is 40.9 Å². The molecule has 3 rings (SSSR count). The van der Waals surface area contributed by atoms with Crippen molar-refractivity contribution >= 4 is 17.5 Å². The molecule has 0 spiro atoms. The molecule has 0 bridgehead atoms. The van der Waals surface area contributed by atoms with Gasteiger partial charge in [-0.2, -0.15) is 0 Å². The highest BCUT2D eigenvalue weighted by atomic mass is 19.1. The number of nitrogens with zero attached hydrogens (tertiary/aromatic N) is 1.